The molecule has 0 spiro atoms. The zero-order valence-corrected chi connectivity index (χ0v) is 14.0. The van der Waals surface area contributed by atoms with Gasteiger partial charge in [-0.3, -0.25) is 9.59 Å². The van der Waals surface area contributed by atoms with Gasteiger partial charge in [-0.05, 0) is 68.6 Å². The van der Waals surface area contributed by atoms with Gasteiger partial charge in [0, 0.05) is 6.04 Å². The van der Waals surface area contributed by atoms with Gasteiger partial charge in [0.1, 0.15) is 0 Å². The number of primary amides is 1. The molecule has 5 nitrogen and oxygen atoms in total. The molecule has 6 heteroatoms. The van der Waals surface area contributed by atoms with Gasteiger partial charge >= 0.3 is 0 Å². The van der Waals surface area contributed by atoms with Crippen LogP contribution in [0, 0.1) is 23.2 Å². The van der Waals surface area contributed by atoms with Gasteiger partial charge in [0.15, 0.2) is 0 Å². The zero-order chi connectivity index (χ0) is 15.2. The number of carbonyl (C=O) groups excluding carboxylic acids is 2. The Labute approximate surface area is 138 Å². The Hall–Kier alpha value is -0.810. The Balaban J connectivity index is 0.00000176. The van der Waals surface area contributed by atoms with Crippen LogP contribution in [0.3, 0.4) is 0 Å². The minimum atomic E-state index is -0.820. The molecule has 2 atom stereocenters. The summed E-state index contributed by atoms with van der Waals surface area (Å²) in [6.07, 6.45) is 7.81. The van der Waals surface area contributed by atoms with Gasteiger partial charge in [0.2, 0.25) is 11.8 Å². The number of hydrogen-bond donors (Lipinski definition) is 3. The van der Waals surface area contributed by atoms with Gasteiger partial charge in [0.25, 0.3) is 0 Å². The third-order valence-electron chi connectivity index (χ3n) is 6.12. The molecule has 5 N–H and O–H groups in total. The van der Waals surface area contributed by atoms with Crippen LogP contribution in [0.15, 0.2) is 0 Å². The van der Waals surface area contributed by atoms with Crippen molar-refractivity contribution in [1.82, 2.24) is 5.32 Å². The molecule has 0 radical (unpaired) electrons. The smallest absolute Gasteiger partial charge is 0.237 e. The summed E-state index contributed by atoms with van der Waals surface area (Å²) in [5, 5.41) is 3.07. The van der Waals surface area contributed by atoms with Crippen molar-refractivity contribution in [3.63, 3.8) is 0 Å². The molecule has 0 heterocycles. The molecule has 0 aromatic carbocycles. The van der Waals surface area contributed by atoms with E-state index in [0.29, 0.717) is 0 Å². The van der Waals surface area contributed by atoms with E-state index in [1.807, 2.05) is 0 Å². The molecule has 0 saturated heterocycles. The molecule has 22 heavy (non-hydrogen) atoms. The van der Waals surface area contributed by atoms with E-state index in [1.165, 1.54) is 38.5 Å². The first kappa shape index (κ1) is 17.5. The van der Waals surface area contributed by atoms with Crippen molar-refractivity contribution in [3.8, 4) is 0 Å². The minimum absolute atomic E-state index is 0. The second kappa shape index (κ2) is 6.36. The summed E-state index contributed by atoms with van der Waals surface area (Å²) >= 11 is 0. The predicted octanol–water partition coefficient (Wildman–Crippen LogP) is 1.33. The van der Waals surface area contributed by atoms with Crippen LogP contribution < -0.4 is 16.8 Å². The first-order chi connectivity index (χ1) is 9.88. The number of hydrogen-bond acceptors (Lipinski definition) is 3. The van der Waals surface area contributed by atoms with E-state index >= 15 is 0 Å². The van der Waals surface area contributed by atoms with E-state index in [-0.39, 0.29) is 36.2 Å². The Morgan fingerprint density at radius 3 is 2.00 bits per heavy atom. The van der Waals surface area contributed by atoms with Crippen LogP contribution in [-0.4, -0.2) is 23.9 Å². The summed E-state index contributed by atoms with van der Waals surface area (Å²) in [5.41, 5.74) is 11.1. The molecule has 4 saturated carbocycles. The van der Waals surface area contributed by atoms with Crippen LogP contribution in [0.1, 0.15) is 51.9 Å². The summed E-state index contributed by atoms with van der Waals surface area (Å²) < 4.78 is 0. The van der Waals surface area contributed by atoms with Crippen LogP contribution in [0.4, 0.5) is 0 Å². The lowest BCUT2D eigenvalue weighted by Gasteiger charge is -2.59. The number of halogens is 1. The molecule has 4 aliphatic rings. The van der Waals surface area contributed by atoms with E-state index in [4.69, 9.17) is 11.5 Å². The maximum atomic E-state index is 12.1. The van der Waals surface area contributed by atoms with Crippen molar-refractivity contribution >= 4 is 24.2 Å². The largest absolute Gasteiger partial charge is 0.370 e. The number of nitrogens with two attached hydrogens (primary N) is 2. The molecule has 126 valence electrons. The summed E-state index contributed by atoms with van der Waals surface area (Å²) in [5.74, 6) is 1.80. The van der Waals surface area contributed by atoms with Gasteiger partial charge in [-0.1, -0.05) is 0 Å². The van der Waals surface area contributed by atoms with Crippen molar-refractivity contribution < 1.29 is 9.59 Å². The number of amides is 2. The third kappa shape index (κ3) is 3.25. The highest BCUT2D eigenvalue weighted by molar-refractivity contribution is 5.87. The van der Waals surface area contributed by atoms with Crippen molar-refractivity contribution in [3.05, 3.63) is 0 Å². The molecule has 2 unspecified atom stereocenters. The van der Waals surface area contributed by atoms with Crippen LogP contribution in [0.25, 0.3) is 0 Å². The van der Waals surface area contributed by atoms with E-state index in [2.05, 4.69) is 12.2 Å². The van der Waals surface area contributed by atoms with Gasteiger partial charge in [0.05, 0.1) is 12.5 Å². The molecule has 4 aliphatic carbocycles. The molecular weight excluding hydrogens is 302 g/mol. The SMILES string of the molecule is CC(NC(=O)C(N)CC(N)=O)C12CC3CC(CC(C3)C1)C2.Cl. The highest BCUT2D eigenvalue weighted by atomic mass is 35.5. The Morgan fingerprint density at radius 1 is 1.14 bits per heavy atom. The monoisotopic (exact) mass is 329 g/mol. The fourth-order valence-corrected chi connectivity index (χ4v) is 5.49. The molecule has 0 aromatic heterocycles. The second-order valence-corrected chi connectivity index (χ2v) is 7.79. The van der Waals surface area contributed by atoms with Crippen molar-refractivity contribution in [1.29, 1.82) is 0 Å². The van der Waals surface area contributed by atoms with Crippen molar-refractivity contribution in [2.75, 3.05) is 0 Å². The summed E-state index contributed by atoms with van der Waals surface area (Å²) in [6.45, 7) is 2.11. The van der Waals surface area contributed by atoms with E-state index in [1.54, 1.807) is 0 Å². The number of carbonyl (C=O) groups is 2. The highest BCUT2D eigenvalue weighted by Crippen LogP contribution is 2.61. The normalized spacial score (nSPS) is 38.0. The van der Waals surface area contributed by atoms with E-state index in [0.717, 1.165) is 17.8 Å². The predicted molar refractivity (Wildman–Crippen MR) is 87.2 cm³/mol. The average Bonchev–Trinajstić information content (AvgIpc) is 2.35. The molecule has 0 aliphatic heterocycles. The molecular formula is C16H28ClN3O2. The molecule has 2 amide bonds. The molecule has 4 fully saturated rings. The average molecular weight is 330 g/mol. The fourth-order valence-electron chi connectivity index (χ4n) is 5.49. The van der Waals surface area contributed by atoms with Crippen molar-refractivity contribution in [2.45, 2.75) is 64.0 Å². The maximum Gasteiger partial charge on any atom is 0.237 e. The van der Waals surface area contributed by atoms with Crippen LogP contribution in [-0.2, 0) is 9.59 Å². The first-order valence-corrected chi connectivity index (χ1v) is 8.22. The topological polar surface area (TPSA) is 98.2 Å². The highest BCUT2D eigenvalue weighted by Gasteiger charge is 2.53. The first-order valence-electron chi connectivity index (χ1n) is 8.22. The quantitative estimate of drug-likeness (QED) is 0.709. The lowest BCUT2D eigenvalue weighted by Crippen LogP contribution is -2.57. The lowest BCUT2D eigenvalue weighted by atomic mass is 9.48. The second-order valence-electron chi connectivity index (χ2n) is 7.79. The zero-order valence-electron chi connectivity index (χ0n) is 13.2. The third-order valence-corrected chi connectivity index (χ3v) is 6.12. The summed E-state index contributed by atoms with van der Waals surface area (Å²) in [7, 11) is 0. The Bertz CT molecular complexity index is 419. The Kier molecular flexibility index (Phi) is 5.07. The standard InChI is InChI=1S/C16H27N3O2.ClH/c1-9(19-15(21)13(17)5-14(18)20)16-6-10-2-11(7-16)4-12(3-10)8-16;/h9-13H,2-8,17H2,1H3,(H2,18,20)(H,19,21);1H. The molecule has 4 rings (SSSR count). The molecule has 4 bridgehead atoms. The summed E-state index contributed by atoms with van der Waals surface area (Å²) in [6, 6.07) is -0.684. The van der Waals surface area contributed by atoms with Gasteiger partial charge in [-0.25, -0.2) is 0 Å². The number of rotatable bonds is 5. The Morgan fingerprint density at radius 2 is 1.59 bits per heavy atom. The number of nitrogens with one attached hydrogen (secondary N) is 1. The van der Waals surface area contributed by atoms with E-state index in [9.17, 15) is 9.59 Å². The summed E-state index contributed by atoms with van der Waals surface area (Å²) in [4.78, 5) is 23.0. The van der Waals surface area contributed by atoms with Gasteiger partial charge < -0.3 is 16.8 Å². The van der Waals surface area contributed by atoms with E-state index < -0.39 is 11.9 Å². The minimum Gasteiger partial charge on any atom is -0.370 e. The van der Waals surface area contributed by atoms with Crippen molar-refractivity contribution in [2.24, 2.45) is 34.6 Å². The van der Waals surface area contributed by atoms with Gasteiger partial charge in [-0.2, -0.15) is 0 Å². The van der Waals surface area contributed by atoms with Crippen LogP contribution >= 0.6 is 12.4 Å². The van der Waals surface area contributed by atoms with Crippen LogP contribution in [0.2, 0.25) is 0 Å². The van der Waals surface area contributed by atoms with Gasteiger partial charge in [-0.15, -0.1) is 12.4 Å². The maximum absolute atomic E-state index is 12.1. The van der Waals surface area contributed by atoms with Crippen LogP contribution in [0.5, 0.6) is 0 Å². The molecule has 0 aromatic rings. The lowest BCUT2D eigenvalue weighted by molar-refractivity contribution is -0.129. The fraction of sp³-hybridized carbons (Fsp3) is 0.875.